The number of aliphatic imine (C=N–C) groups is 1. The molecular weight excluding hydrogens is 503 g/mol. The van der Waals surface area contributed by atoms with Crippen molar-refractivity contribution in [2.45, 2.75) is 0 Å². The van der Waals surface area contributed by atoms with E-state index in [1.807, 2.05) is 6.07 Å². The fraction of sp³-hybridized carbons (Fsp3) is 0.0800. The standard InChI is InChI=1S/C25H20Cl2N6O3/c1-28-22-9-5-8-20(30-22)16-12-17(19(27)13-18(16)26)24(35)31-23-14-21(25(36)29-10-11-34)32-33(23)15-6-3-2-4-7-15/h2-9,12-14,34H,1,10-11H2,(H,29,36)(H,31,35). The van der Waals surface area contributed by atoms with Gasteiger partial charge in [-0.3, -0.25) is 9.59 Å². The summed E-state index contributed by atoms with van der Waals surface area (Å²) in [7, 11) is 0. The van der Waals surface area contributed by atoms with E-state index in [0.717, 1.165) is 0 Å². The van der Waals surface area contributed by atoms with Crippen molar-refractivity contribution >= 4 is 53.4 Å². The summed E-state index contributed by atoms with van der Waals surface area (Å²) in [5.74, 6) is -0.398. The number of hydrogen-bond acceptors (Lipinski definition) is 6. The number of aliphatic hydroxyl groups is 1. The zero-order valence-electron chi connectivity index (χ0n) is 18.8. The van der Waals surface area contributed by atoms with Gasteiger partial charge in [0.2, 0.25) is 0 Å². The van der Waals surface area contributed by atoms with Crippen molar-refractivity contribution in [1.29, 1.82) is 0 Å². The van der Waals surface area contributed by atoms with Crippen molar-refractivity contribution < 1.29 is 14.7 Å². The van der Waals surface area contributed by atoms with Gasteiger partial charge in [-0.05, 0) is 43.1 Å². The van der Waals surface area contributed by atoms with Gasteiger partial charge in [-0.2, -0.15) is 5.10 Å². The Hall–Kier alpha value is -4.05. The van der Waals surface area contributed by atoms with E-state index in [1.165, 1.54) is 22.9 Å². The molecule has 0 aliphatic heterocycles. The number of para-hydroxylation sites is 1. The van der Waals surface area contributed by atoms with Crippen molar-refractivity contribution in [3.05, 3.63) is 88.0 Å². The molecule has 9 nitrogen and oxygen atoms in total. The molecule has 2 amide bonds. The number of nitrogens with one attached hydrogen (secondary N) is 2. The third-order valence-electron chi connectivity index (χ3n) is 5.06. The SMILES string of the molecule is C=Nc1cccc(-c2cc(C(=O)Nc3cc(C(=O)NCCO)nn3-c3ccccc3)c(Cl)cc2Cl)n1. The minimum absolute atomic E-state index is 0.0587. The summed E-state index contributed by atoms with van der Waals surface area (Å²) in [4.78, 5) is 34.0. The van der Waals surface area contributed by atoms with Crippen LogP contribution in [0.4, 0.5) is 11.6 Å². The maximum Gasteiger partial charge on any atom is 0.271 e. The molecule has 3 N–H and O–H groups in total. The highest BCUT2D eigenvalue weighted by molar-refractivity contribution is 6.38. The van der Waals surface area contributed by atoms with Crippen LogP contribution in [-0.4, -0.2) is 51.6 Å². The average molecular weight is 523 g/mol. The summed E-state index contributed by atoms with van der Waals surface area (Å²) in [5.41, 5.74) is 1.80. The van der Waals surface area contributed by atoms with Gasteiger partial charge in [0.05, 0.1) is 33.6 Å². The molecule has 0 saturated carbocycles. The number of benzene rings is 2. The number of amides is 2. The maximum atomic E-state index is 13.3. The highest BCUT2D eigenvalue weighted by Crippen LogP contribution is 2.33. The third kappa shape index (κ3) is 5.44. The predicted octanol–water partition coefficient (Wildman–Crippen LogP) is 4.55. The highest BCUT2D eigenvalue weighted by atomic mass is 35.5. The first-order valence-electron chi connectivity index (χ1n) is 10.7. The van der Waals surface area contributed by atoms with E-state index in [9.17, 15) is 9.59 Å². The van der Waals surface area contributed by atoms with Gasteiger partial charge >= 0.3 is 0 Å². The second-order valence-corrected chi connectivity index (χ2v) is 8.26. The molecule has 4 rings (SSSR count). The number of pyridine rings is 1. The normalized spacial score (nSPS) is 10.6. The topological polar surface area (TPSA) is 122 Å². The number of nitrogens with zero attached hydrogens (tertiary/aromatic N) is 4. The van der Waals surface area contributed by atoms with Gasteiger partial charge in [0, 0.05) is 18.2 Å². The fourth-order valence-electron chi connectivity index (χ4n) is 3.37. The van der Waals surface area contributed by atoms with E-state index >= 15 is 0 Å². The summed E-state index contributed by atoms with van der Waals surface area (Å²) in [6.07, 6.45) is 0. The molecule has 2 aromatic carbocycles. The Kier molecular flexibility index (Phi) is 7.74. The van der Waals surface area contributed by atoms with Crippen molar-refractivity contribution in [2.75, 3.05) is 18.5 Å². The molecule has 0 fully saturated rings. The lowest BCUT2D eigenvalue weighted by molar-refractivity contribution is 0.0938. The molecule has 0 bridgehead atoms. The van der Waals surface area contributed by atoms with Crippen molar-refractivity contribution in [2.24, 2.45) is 4.99 Å². The highest BCUT2D eigenvalue weighted by Gasteiger charge is 2.20. The Morgan fingerprint density at radius 2 is 1.78 bits per heavy atom. The minimum Gasteiger partial charge on any atom is -0.395 e. The lowest BCUT2D eigenvalue weighted by atomic mass is 10.1. The Bertz CT molecular complexity index is 1440. The second-order valence-electron chi connectivity index (χ2n) is 7.45. The lowest BCUT2D eigenvalue weighted by Crippen LogP contribution is -2.26. The Morgan fingerprint density at radius 3 is 2.50 bits per heavy atom. The molecule has 0 spiro atoms. The number of anilines is 1. The van der Waals surface area contributed by atoms with Crippen LogP contribution in [-0.2, 0) is 0 Å². The zero-order chi connectivity index (χ0) is 25.7. The Balaban J connectivity index is 1.71. The molecule has 2 heterocycles. The number of hydrogen-bond donors (Lipinski definition) is 3. The molecule has 0 unspecified atom stereocenters. The summed E-state index contributed by atoms with van der Waals surface area (Å²) in [6, 6.07) is 18.6. The van der Waals surface area contributed by atoms with Crippen LogP contribution in [0.3, 0.4) is 0 Å². The molecule has 0 atom stereocenters. The van der Waals surface area contributed by atoms with E-state index in [1.54, 1.807) is 42.5 Å². The molecule has 4 aromatic rings. The molecule has 11 heteroatoms. The lowest BCUT2D eigenvalue weighted by Gasteiger charge is -2.12. The fourth-order valence-corrected chi connectivity index (χ4v) is 3.94. The monoisotopic (exact) mass is 522 g/mol. The Morgan fingerprint density at radius 1 is 1.00 bits per heavy atom. The van der Waals surface area contributed by atoms with Crippen LogP contribution in [0.25, 0.3) is 16.9 Å². The van der Waals surface area contributed by atoms with Crippen LogP contribution in [0.2, 0.25) is 10.0 Å². The quantitative estimate of drug-likeness (QED) is 0.293. The molecule has 0 aliphatic carbocycles. The average Bonchev–Trinajstić information content (AvgIpc) is 3.31. The first-order valence-corrected chi connectivity index (χ1v) is 11.5. The van der Waals surface area contributed by atoms with Gasteiger partial charge in [0.25, 0.3) is 11.8 Å². The van der Waals surface area contributed by atoms with Crippen LogP contribution in [0.5, 0.6) is 0 Å². The van der Waals surface area contributed by atoms with Gasteiger partial charge in [-0.1, -0.05) is 47.5 Å². The molecule has 0 saturated heterocycles. The summed E-state index contributed by atoms with van der Waals surface area (Å²) < 4.78 is 1.43. The number of carbonyl (C=O) groups is 2. The number of halogens is 2. The van der Waals surface area contributed by atoms with Gasteiger partial charge in [0.1, 0.15) is 5.82 Å². The van der Waals surface area contributed by atoms with E-state index in [-0.39, 0.29) is 35.2 Å². The van der Waals surface area contributed by atoms with Crippen molar-refractivity contribution in [1.82, 2.24) is 20.1 Å². The smallest absolute Gasteiger partial charge is 0.271 e. The summed E-state index contributed by atoms with van der Waals surface area (Å²) in [5, 5.41) is 19.1. The zero-order valence-corrected chi connectivity index (χ0v) is 20.3. The number of aromatic nitrogens is 3. The van der Waals surface area contributed by atoms with E-state index < -0.39 is 11.8 Å². The molecule has 182 valence electrons. The molecule has 0 radical (unpaired) electrons. The van der Waals surface area contributed by atoms with E-state index in [4.69, 9.17) is 28.3 Å². The van der Waals surface area contributed by atoms with Crippen LogP contribution in [0.15, 0.2) is 71.7 Å². The number of aliphatic hydroxyl groups excluding tert-OH is 1. The van der Waals surface area contributed by atoms with Crippen LogP contribution >= 0.6 is 23.2 Å². The largest absolute Gasteiger partial charge is 0.395 e. The van der Waals surface area contributed by atoms with Gasteiger partial charge < -0.3 is 15.7 Å². The molecular formula is C25H20Cl2N6O3. The Labute approximate surface area is 216 Å². The van der Waals surface area contributed by atoms with Gasteiger partial charge in [-0.15, -0.1) is 0 Å². The predicted molar refractivity (Wildman–Crippen MR) is 140 cm³/mol. The summed E-state index contributed by atoms with van der Waals surface area (Å²) >= 11 is 12.8. The van der Waals surface area contributed by atoms with Crippen LogP contribution in [0.1, 0.15) is 20.8 Å². The molecule has 36 heavy (non-hydrogen) atoms. The van der Waals surface area contributed by atoms with E-state index in [0.29, 0.717) is 27.8 Å². The maximum absolute atomic E-state index is 13.3. The first kappa shape index (κ1) is 25.1. The number of carbonyl (C=O) groups excluding carboxylic acids is 2. The van der Waals surface area contributed by atoms with E-state index in [2.05, 4.69) is 32.4 Å². The van der Waals surface area contributed by atoms with Crippen molar-refractivity contribution in [3.63, 3.8) is 0 Å². The van der Waals surface area contributed by atoms with Gasteiger partial charge in [0.15, 0.2) is 11.5 Å². The van der Waals surface area contributed by atoms with Crippen LogP contribution in [0, 0.1) is 0 Å². The van der Waals surface area contributed by atoms with Crippen LogP contribution < -0.4 is 10.6 Å². The third-order valence-corrected chi connectivity index (χ3v) is 5.68. The first-order chi connectivity index (χ1) is 17.4. The molecule has 0 aliphatic rings. The van der Waals surface area contributed by atoms with Crippen molar-refractivity contribution in [3.8, 4) is 16.9 Å². The number of rotatable bonds is 8. The summed E-state index contributed by atoms with van der Waals surface area (Å²) in [6.45, 7) is 3.33. The molecule has 2 aromatic heterocycles. The van der Waals surface area contributed by atoms with Gasteiger partial charge in [-0.25, -0.2) is 14.7 Å². The second kappa shape index (κ2) is 11.1. The minimum atomic E-state index is -0.546.